The molecule has 0 atom stereocenters. The molecule has 3 heteroatoms. The molecule has 0 saturated heterocycles. The number of H-pyrrole nitrogens is 1. The molecule has 3 nitrogen and oxygen atoms in total. The van der Waals surface area contributed by atoms with E-state index in [-0.39, 0.29) is 5.78 Å². The lowest BCUT2D eigenvalue weighted by molar-refractivity contribution is 0.0922. The van der Waals surface area contributed by atoms with Gasteiger partial charge < -0.3 is 4.98 Å². The van der Waals surface area contributed by atoms with Crippen molar-refractivity contribution in [1.29, 1.82) is 0 Å². The number of hydrogen-bond donors (Lipinski definition) is 1. The van der Waals surface area contributed by atoms with Crippen LogP contribution in [-0.4, -0.2) is 28.8 Å². The summed E-state index contributed by atoms with van der Waals surface area (Å²) in [5.74, 6) is 0.210. The van der Waals surface area contributed by atoms with Crippen LogP contribution in [0.25, 0.3) is 10.9 Å². The first-order valence-electron chi connectivity index (χ1n) is 8.53. The van der Waals surface area contributed by atoms with Crippen LogP contribution in [0.1, 0.15) is 32.7 Å². The number of aryl methyl sites for hydroxylation is 2. The standard InChI is InChI=1S/C21H22N2O/c1-14-7-8-18-19(11-14)22-15(2)21(18)20(24)13-23-10-9-16-5-3-4-6-17(16)12-23/h3-8,11,22H,9-10,12-13H2,1-2H3. The van der Waals surface area contributed by atoms with Gasteiger partial charge in [0.05, 0.1) is 6.54 Å². The summed E-state index contributed by atoms with van der Waals surface area (Å²) in [6.07, 6.45) is 1.02. The van der Waals surface area contributed by atoms with E-state index < -0.39 is 0 Å². The van der Waals surface area contributed by atoms with Crippen molar-refractivity contribution < 1.29 is 4.79 Å². The average molecular weight is 318 g/mol. The van der Waals surface area contributed by atoms with Crippen LogP contribution in [0.4, 0.5) is 0 Å². The van der Waals surface area contributed by atoms with Gasteiger partial charge in [-0.05, 0) is 43.0 Å². The van der Waals surface area contributed by atoms with Crippen molar-refractivity contribution in [3.8, 4) is 0 Å². The van der Waals surface area contributed by atoms with Crippen molar-refractivity contribution in [2.24, 2.45) is 0 Å². The van der Waals surface area contributed by atoms with E-state index >= 15 is 0 Å². The second-order valence-corrected chi connectivity index (χ2v) is 6.83. The predicted octanol–water partition coefficient (Wildman–Crippen LogP) is 4.03. The van der Waals surface area contributed by atoms with Crippen LogP contribution in [0.2, 0.25) is 0 Å². The number of Topliss-reactive ketones (excluding diaryl/α,β-unsaturated/α-hetero) is 1. The Kier molecular flexibility index (Phi) is 3.73. The second-order valence-electron chi connectivity index (χ2n) is 6.83. The zero-order chi connectivity index (χ0) is 16.7. The summed E-state index contributed by atoms with van der Waals surface area (Å²) in [7, 11) is 0. The number of fused-ring (bicyclic) bond motifs is 2. The van der Waals surface area contributed by atoms with Gasteiger partial charge in [-0.3, -0.25) is 9.69 Å². The van der Waals surface area contributed by atoms with Gasteiger partial charge >= 0.3 is 0 Å². The van der Waals surface area contributed by atoms with Gasteiger partial charge in [0.2, 0.25) is 0 Å². The molecule has 2 heterocycles. The average Bonchev–Trinajstić information content (AvgIpc) is 2.89. The minimum atomic E-state index is 0.210. The summed E-state index contributed by atoms with van der Waals surface area (Å²) in [6.45, 7) is 6.36. The Hall–Kier alpha value is -2.39. The van der Waals surface area contributed by atoms with Crippen LogP contribution in [0, 0.1) is 13.8 Å². The van der Waals surface area contributed by atoms with E-state index in [1.54, 1.807) is 0 Å². The molecule has 0 aliphatic carbocycles. The van der Waals surface area contributed by atoms with Gasteiger partial charge in [-0.15, -0.1) is 0 Å². The largest absolute Gasteiger partial charge is 0.358 e. The number of aromatic nitrogens is 1. The summed E-state index contributed by atoms with van der Waals surface area (Å²) in [6, 6.07) is 14.8. The molecule has 24 heavy (non-hydrogen) atoms. The second kappa shape index (κ2) is 5.91. The first kappa shape index (κ1) is 15.2. The minimum Gasteiger partial charge on any atom is -0.358 e. The monoisotopic (exact) mass is 318 g/mol. The van der Waals surface area contributed by atoms with Crippen molar-refractivity contribution >= 4 is 16.7 Å². The summed E-state index contributed by atoms with van der Waals surface area (Å²) in [4.78, 5) is 18.6. The number of carbonyl (C=O) groups excluding carboxylic acids is 1. The minimum absolute atomic E-state index is 0.210. The van der Waals surface area contributed by atoms with Gasteiger partial charge in [-0.2, -0.15) is 0 Å². The van der Waals surface area contributed by atoms with Crippen LogP contribution in [-0.2, 0) is 13.0 Å². The highest BCUT2D eigenvalue weighted by Crippen LogP contribution is 2.25. The number of ketones is 1. The Morgan fingerprint density at radius 3 is 2.75 bits per heavy atom. The van der Waals surface area contributed by atoms with Crippen molar-refractivity contribution in [2.45, 2.75) is 26.8 Å². The van der Waals surface area contributed by atoms with E-state index in [0.717, 1.165) is 41.7 Å². The molecule has 122 valence electrons. The maximum absolute atomic E-state index is 12.9. The van der Waals surface area contributed by atoms with Crippen LogP contribution in [0.3, 0.4) is 0 Å². The lowest BCUT2D eigenvalue weighted by Gasteiger charge is -2.28. The highest BCUT2D eigenvalue weighted by atomic mass is 16.1. The molecule has 0 spiro atoms. The van der Waals surface area contributed by atoms with Crippen molar-refractivity contribution in [1.82, 2.24) is 9.88 Å². The van der Waals surface area contributed by atoms with Gasteiger partial charge in [0.1, 0.15) is 0 Å². The highest BCUT2D eigenvalue weighted by Gasteiger charge is 2.22. The molecule has 0 radical (unpaired) electrons. The first-order chi connectivity index (χ1) is 11.6. The summed E-state index contributed by atoms with van der Waals surface area (Å²) >= 11 is 0. The van der Waals surface area contributed by atoms with Crippen LogP contribution in [0.15, 0.2) is 42.5 Å². The molecule has 0 amide bonds. The highest BCUT2D eigenvalue weighted by molar-refractivity contribution is 6.10. The summed E-state index contributed by atoms with van der Waals surface area (Å²) < 4.78 is 0. The third-order valence-electron chi connectivity index (χ3n) is 5.00. The number of rotatable bonds is 3. The SMILES string of the molecule is Cc1ccc2c(C(=O)CN3CCc4ccccc4C3)c(C)[nH]c2c1. The Morgan fingerprint density at radius 1 is 1.12 bits per heavy atom. The van der Waals surface area contributed by atoms with Crippen LogP contribution < -0.4 is 0 Å². The van der Waals surface area contributed by atoms with Gasteiger partial charge in [0, 0.05) is 35.2 Å². The fourth-order valence-corrected chi connectivity index (χ4v) is 3.78. The molecular formula is C21H22N2O. The van der Waals surface area contributed by atoms with Gasteiger partial charge in [0.15, 0.2) is 5.78 Å². The Balaban J connectivity index is 1.58. The van der Waals surface area contributed by atoms with Crippen molar-refractivity contribution in [3.05, 3.63) is 70.4 Å². The number of nitrogens with zero attached hydrogens (tertiary/aromatic N) is 1. The Labute approximate surface area is 142 Å². The van der Waals surface area contributed by atoms with Gasteiger partial charge in [-0.1, -0.05) is 36.4 Å². The van der Waals surface area contributed by atoms with E-state index in [0.29, 0.717) is 6.54 Å². The lowest BCUT2D eigenvalue weighted by Crippen LogP contribution is -2.35. The number of hydrogen-bond acceptors (Lipinski definition) is 2. The molecule has 1 aromatic heterocycles. The molecule has 4 rings (SSSR count). The quantitative estimate of drug-likeness (QED) is 0.740. The van der Waals surface area contributed by atoms with E-state index in [1.165, 1.54) is 16.7 Å². The fourth-order valence-electron chi connectivity index (χ4n) is 3.78. The van der Waals surface area contributed by atoms with Gasteiger partial charge in [0.25, 0.3) is 0 Å². The third kappa shape index (κ3) is 2.65. The van der Waals surface area contributed by atoms with E-state index in [2.05, 4.69) is 59.3 Å². The normalized spacial score (nSPS) is 14.8. The number of nitrogens with one attached hydrogen (secondary N) is 1. The number of carbonyl (C=O) groups is 1. The molecule has 0 bridgehead atoms. The fraction of sp³-hybridized carbons (Fsp3) is 0.286. The Bertz CT molecular complexity index is 923. The van der Waals surface area contributed by atoms with E-state index in [4.69, 9.17) is 0 Å². The molecule has 1 aliphatic rings. The smallest absolute Gasteiger partial charge is 0.179 e. The molecule has 3 aromatic rings. The van der Waals surface area contributed by atoms with Crippen molar-refractivity contribution in [3.63, 3.8) is 0 Å². The molecule has 0 fully saturated rings. The third-order valence-corrected chi connectivity index (χ3v) is 5.00. The van der Waals surface area contributed by atoms with E-state index in [1.807, 2.05) is 6.92 Å². The predicted molar refractivity (Wildman–Crippen MR) is 97.5 cm³/mol. The topological polar surface area (TPSA) is 36.1 Å². The van der Waals surface area contributed by atoms with E-state index in [9.17, 15) is 4.79 Å². The summed E-state index contributed by atoms with van der Waals surface area (Å²) in [5.41, 5.74) is 6.85. The Morgan fingerprint density at radius 2 is 1.92 bits per heavy atom. The van der Waals surface area contributed by atoms with Gasteiger partial charge in [-0.25, -0.2) is 0 Å². The first-order valence-corrected chi connectivity index (χ1v) is 8.53. The van der Waals surface area contributed by atoms with Crippen molar-refractivity contribution in [2.75, 3.05) is 13.1 Å². The molecule has 0 unspecified atom stereocenters. The zero-order valence-electron chi connectivity index (χ0n) is 14.2. The number of benzene rings is 2. The maximum atomic E-state index is 12.9. The number of aromatic amines is 1. The molecular weight excluding hydrogens is 296 g/mol. The van der Waals surface area contributed by atoms with Crippen LogP contribution >= 0.6 is 0 Å². The molecule has 1 aliphatic heterocycles. The molecule has 1 N–H and O–H groups in total. The van der Waals surface area contributed by atoms with Crippen LogP contribution in [0.5, 0.6) is 0 Å². The summed E-state index contributed by atoms with van der Waals surface area (Å²) in [5, 5.41) is 1.04. The molecule has 2 aromatic carbocycles. The zero-order valence-corrected chi connectivity index (χ0v) is 14.2. The lowest BCUT2D eigenvalue weighted by atomic mass is 9.99. The maximum Gasteiger partial charge on any atom is 0.179 e. The molecule has 0 saturated carbocycles.